The Kier molecular flexibility index (Phi) is 4.91. The number of nitrogens with zero attached hydrogens (tertiary/aromatic N) is 1. The molecular weight excluding hydrogens is 538 g/mol. The van der Waals surface area contributed by atoms with Crippen LogP contribution in [0.3, 0.4) is 0 Å². The molecule has 39 heavy (non-hydrogen) atoms. The summed E-state index contributed by atoms with van der Waals surface area (Å²) >= 11 is 3.99. The summed E-state index contributed by atoms with van der Waals surface area (Å²) in [7, 11) is 0. The highest BCUT2D eigenvalue weighted by Gasteiger charge is 2.36. The Morgan fingerprint density at radius 1 is 0.692 bits per heavy atom. The minimum absolute atomic E-state index is 0.0313. The first-order valence-corrected chi connectivity index (χ1v) is 14.6. The fourth-order valence-corrected chi connectivity index (χ4v) is 7.53. The average Bonchev–Trinajstić information content (AvgIpc) is 3.40. The van der Waals surface area contributed by atoms with Gasteiger partial charge in [0.1, 0.15) is 0 Å². The summed E-state index contributed by atoms with van der Waals surface area (Å²) in [5.41, 5.74) is 12.0. The van der Waals surface area contributed by atoms with Gasteiger partial charge in [-0.25, -0.2) is 0 Å². The molecule has 2 aliphatic rings. The molecule has 0 radical (unpaired) electrons. The number of fused-ring (bicyclic) bond motifs is 7. The Morgan fingerprint density at radius 3 is 2.36 bits per heavy atom. The largest absolute Gasteiger partial charge is 0.313 e. The molecular formula is C37H28BrN. The molecule has 0 fully saturated rings. The standard InChI is InChI=1S/C37H28BrN/c1-37(2)33-13-7-5-11-29(33)31-21-32-30-12-6-8-14-35(30)39(36(32)22-34(31)37)28-19-26(18-27(38)20-28)25-16-15-23-9-3-4-10-24(23)17-25/h3-19,21-22,27H,20H2,1-2H3. The Morgan fingerprint density at radius 2 is 1.46 bits per heavy atom. The van der Waals surface area contributed by atoms with Gasteiger partial charge < -0.3 is 4.57 Å². The van der Waals surface area contributed by atoms with Crippen LogP contribution in [0.15, 0.2) is 115 Å². The van der Waals surface area contributed by atoms with E-state index in [4.69, 9.17) is 0 Å². The molecule has 0 bridgehead atoms. The molecule has 0 spiro atoms. The van der Waals surface area contributed by atoms with Crippen LogP contribution in [-0.2, 0) is 5.41 Å². The predicted octanol–water partition coefficient (Wildman–Crippen LogP) is 10.3. The molecule has 0 saturated carbocycles. The van der Waals surface area contributed by atoms with Gasteiger partial charge in [0, 0.05) is 33.1 Å². The Balaban J connectivity index is 1.37. The minimum Gasteiger partial charge on any atom is -0.313 e. The first-order valence-electron chi connectivity index (χ1n) is 13.7. The molecule has 0 aliphatic heterocycles. The van der Waals surface area contributed by atoms with Crippen molar-refractivity contribution in [1.29, 1.82) is 0 Å². The van der Waals surface area contributed by atoms with Crippen molar-refractivity contribution in [3.05, 3.63) is 132 Å². The van der Waals surface area contributed by atoms with Gasteiger partial charge >= 0.3 is 0 Å². The first-order chi connectivity index (χ1) is 19.0. The normalized spacial score (nSPS) is 17.8. The van der Waals surface area contributed by atoms with Gasteiger partial charge in [0.25, 0.3) is 0 Å². The van der Waals surface area contributed by atoms with Crippen molar-refractivity contribution in [3.8, 4) is 11.1 Å². The van der Waals surface area contributed by atoms with Crippen LogP contribution in [0, 0.1) is 0 Å². The topological polar surface area (TPSA) is 4.93 Å². The predicted molar refractivity (Wildman–Crippen MR) is 171 cm³/mol. The second kappa shape index (κ2) is 8.31. The molecule has 1 heterocycles. The summed E-state index contributed by atoms with van der Waals surface area (Å²) in [5.74, 6) is 0. The first kappa shape index (κ1) is 23.0. The van der Waals surface area contributed by atoms with E-state index in [2.05, 4.69) is 150 Å². The third-order valence-electron chi connectivity index (χ3n) is 8.83. The van der Waals surface area contributed by atoms with E-state index in [-0.39, 0.29) is 10.2 Å². The summed E-state index contributed by atoms with van der Waals surface area (Å²) < 4.78 is 2.52. The summed E-state index contributed by atoms with van der Waals surface area (Å²) in [4.78, 5) is 0.269. The highest BCUT2D eigenvalue weighted by molar-refractivity contribution is 9.09. The molecule has 0 N–H and O–H groups in total. The fourth-order valence-electron chi connectivity index (χ4n) is 6.92. The summed E-state index contributed by atoms with van der Waals surface area (Å²) in [5, 5.41) is 5.19. The molecule has 1 atom stereocenters. The van der Waals surface area contributed by atoms with Crippen LogP contribution in [0.5, 0.6) is 0 Å². The lowest BCUT2D eigenvalue weighted by Gasteiger charge is -2.23. The fraction of sp³-hybridized carbons (Fsp3) is 0.135. The summed E-state index contributed by atoms with van der Waals surface area (Å²) in [6.07, 6.45) is 5.70. The summed E-state index contributed by atoms with van der Waals surface area (Å²) in [6, 6.07) is 38.1. The van der Waals surface area contributed by atoms with E-state index < -0.39 is 0 Å². The van der Waals surface area contributed by atoms with Crippen LogP contribution >= 0.6 is 15.9 Å². The van der Waals surface area contributed by atoms with E-state index >= 15 is 0 Å². The number of allylic oxidation sites excluding steroid dienone is 4. The molecule has 1 unspecified atom stereocenters. The lowest BCUT2D eigenvalue weighted by molar-refractivity contribution is 0.661. The minimum atomic E-state index is -0.0313. The molecule has 0 amide bonds. The van der Waals surface area contributed by atoms with Crippen molar-refractivity contribution in [3.63, 3.8) is 0 Å². The van der Waals surface area contributed by atoms with Crippen molar-refractivity contribution >= 4 is 59.8 Å². The van der Waals surface area contributed by atoms with Gasteiger partial charge in [-0.3, -0.25) is 0 Å². The quantitative estimate of drug-likeness (QED) is 0.184. The maximum Gasteiger partial charge on any atom is 0.0541 e. The smallest absolute Gasteiger partial charge is 0.0541 e. The van der Waals surface area contributed by atoms with Gasteiger partial charge in [0.15, 0.2) is 0 Å². The zero-order valence-corrected chi connectivity index (χ0v) is 23.7. The van der Waals surface area contributed by atoms with E-state index in [1.54, 1.807) is 0 Å². The van der Waals surface area contributed by atoms with E-state index in [1.807, 2.05) is 0 Å². The van der Waals surface area contributed by atoms with Crippen LogP contribution in [0.1, 0.15) is 37.0 Å². The zero-order chi connectivity index (χ0) is 26.3. The molecule has 0 saturated heterocycles. The second-order valence-electron chi connectivity index (χ2n) is 11.5. The number of alkyl halides is 1. The molecule has 5 aromatic carbocycles. The van der Waals surface area contributed by atoms with Gasteiger partial charge in [0.2, 0.25) is 0 Å². The third-order valence-corrected chi connectivity index (χ3v) is 9.42. The van der Waals surface area contributed by atoms with Crippen molar-refractivity contribution < 1.29 is 0 Å². The van der Waals surface area contributed by atoms with Crippen molar-refractivity contribution in [2.24, 2.45) is 0 Å². The third kappa shape index (κ3) is 3.38. The average molecular weight is 567 g/mol. The second-order valence-corrected chi connectivity index (χ2v) is 12.7. The van der Waals surface area contributed by atoms with Crippen molar-refractivity contribution in [1.82, 2.24) is 4.57 Å². The van der Waals surface area contributed by atoms with Gasteiger partial charge in [-0.15, -0.1) is 0 Å². The Hall–Kier alpha value is -3.88. The highest BCUT2D eigenvalue weighted by Crippen LogP contribution is 2.51. The lowest BCUT2D eigenvalue weighted by atomic mass is 9.82. The SMILES string of the molecule is CC1(C)c2ccccc2-c2cc3c4ccccc4n(C4=CC(c5ccc6ccccc6c5)=CC(Br)C4)c3cc21. The molecule has 2 aliphatic carbocycles. The maximum atomic E-state index is 3.99. The number of hydrogen-bond acceptors (Lipinski definition) is 0. The van der Waals surface area contributed by atoms with Gasteiger partial charge in [-0.2, -0.15) is 0 Å². The van der Waals surface area contributed by atoms with Crippen LogP contribution in [0.25, 0.3) is 55.0 Å². The molecule has 1 nitrogen and oxygen atoms in total. The lowest BCUT2D eigenvalue weighted by Crippen LogP contribution is -2.15. The number of aromatic nitrogens is 1. The van der Waals surface area contributed by atoms with Crippen LogP contribution in [0.4, 0.5) is 0 Å². The molecule has 1 aromatic heterocycles. The van der Waals surface area contributed by atoms with Gasteiger partial charge in [0.05, 0.1) is 11.0 Å². The molecule has 8 rings (SSSR count). The molecule has 6 aromatic rings. The van der Waals surface area contributed by atoms with Crippen LogP contribution in [0.2, 0.25) is 0 Å². The maximum absolute atomic E-state index is 3.99. The van der Waals surface area contributed by atoms with E-state index in [1.165, 1.54) is 71.7 Å². The van der Waals surface area contributed by atoms with Crippen molar-refractivity contribution in [2.75, 3.05) is 0 Å². The Bertz CT molecular complexity index is 2030. The van der Waals surface area contributed by atoms with Crippen molar-refractivity contribution in [2.45, 2.75) is 30.5 Å². The number of rotatable bonds is 2. The number of hydrogen-bond donors (Lipinski definition) is 0. The van der Waals surface area contributed by atoms with Gasteiger partial charge in [-0.1, -0.05) is 115 Å². The molecule has 2 heteroatoms. The summed E-state index contributed by atoms with van der Waals surface area (Å²) in [6.45, 7) is 4.73. The zero-order valence-electron chi connectivity index (χ0n) is 22.1. The highest BCUT2D eigenvalue weighted by atomic mass is 79.9. The van der Waals surface area contributed by atoms with Gasteiger partial charge in [-0.05, 0) is 74.5 Å². The van der Waals surface area contributed by atoms with Crippen LogP contribution in [-0.4, -0.2) is 9.39 Å². The monoisotopic (exact) mass is 565 g/mol. The van der Waals surface area contributed by atoms with E-state index in [0.29, 0.717) is 0 Å². The number of para-hydroxylation sites is 1. The van der Waals surface area contributed by atoms with E-state index in [9.17, 15) is 0 Å². The number of benzene rings is 5. The van der Waals surface area contributed by atoms with E-state index in [0.717, 1.165) is 6.42 Å². The Labute approximate surface area is 237 Å². The van der Waals surface area contributed by atoms with Crippen LogP contribution < -0.4 is 0 Å². The number of halogens is 1. The molecule has 188 valence electrons.